The van der Waals surface area contributed by atoms with E-state index in [1.54, 1.807) is 62.5 Å². The zero-order valence-electron chi connectivity index (χ0n) is 12.9. The fourth-order valence-corrected chi connectivity index (χ4v) is 2.07. The molecule has 118 valence electrons. The third-order valence-electron chi connectivity index (χ3n) is 3.34. The number of hydrogen-bond acceptors (Lipinski definition) is 4. The minimum Gasteiger partial charge on any atom is -0.478 e. The molecule has 0 spiro atoms. The smallest absolute Gasteiger partial charge is 0.338 e. The SMILES string of the molecule is CCOC(=O)c1ccc(N=Cc2cccc(C(=O)O)c2C)cc1. The van der Waals surface area contributed by atoms with Crippen molar-refractivity contribution >= 4 is 23.8 Å². The van der Waals surface area contributed by atoms with Crippen LogP contribution in [0.5, 0.6) is 0 Å². The lowest BCUT2D eigenvalue weighted by Crippen LogP contribution is -2.03. The van der Waals surface area contributed by atoms with Gasteiger partial charge in [0, 0.05) is 6.21 Å². The molecule has 0 aliphatic carbocycles. The van der Waals surface area contributed by atoms with Gasteiger partial charge in [0.1, 0.15) is 0 Å². The minimum absolute atomic E-state index is 0.256. The number of esters is 1. The van der Waals surface area contributed by atoms with E-state index in [0.29, 0.717) is 23.4 Å². The second-order valence-electron chi connectivity index (χ2n) is 4.85. The van der Waals surface area contributed by atoms with Gasteiger partial charge in [-0.2, -0.15) is 0 Å². The van der Waals surface area contributed by atoms with Crippen molar-refractivity contribution in [2.24, 2.45) is 4.99 Å². The molecule has 0 amide bonds. The average Bonchev–Trinajstić information content (AvgIpc) is 2.54. The summed E-state index contributed by atoms with van der Waals surface area (Å²) >= 11 is 0. The zero-order chi connectivity index (χ0) is 16.8. The Bertz CT molecular complexity index is 748. The Morgan fingerprint density at radius 1 is 1.17 bits per heavy atom. The van der Waals surface area contributed by atoms with E-state index in [9.17, 15) is 9.59 Å². The molecule has 5 nitrogen and oxygen atoms in total. The van der Waals surface area contributed by atoms with Crippen molar-refractivity contribution in [2.45, 2.75) is 13.8 Å². The van der Waals surface area contributed by atoms with E-state index >= 15 is 0 Å². The van der Waals surface area contributed by atoms with Crippen LogP contribution in [0.15, 0.2) is 47.5 Å². The first-order chi connectivity index (χ1) is 11.0. The minimum atomic E-state index is -0.962. The number of hydrogen-bond donors (Lipinski definition) is 1. The highest BCUT2D eigenvalue weighted by atomic mass is 16.5. The molecule has 0 unspecified atom stereocenters. The maximum absolute atomic E-state index is 11.6. The van der Waals surface area contributed by atoms with Gasteiger partial charge < -0.3 is 9.84 Å². The molecule has 0 aromatic heterocycles. The van der Waals surface area contributed by atoms with Crippen molar-refractivity contribution < 1.29 is 19.4 Å². The summed E-state index contributed by atoms with van der Waals surface area (Å²) in [7, 11) is 0. The summed E-state index contributed by atoms with van der Waals surface area (Å²) < 4.78 is 4.92. The molecule has 0 saturated heterocycles. The fraction of sp³-hybridized carbons (Fsp3) is 0.167. The van der Waals surface area contributed by atoms with Crippen LogP contribution in [-0.2, 0) is 4.74 Å². The van der Waals surface area contributed by atoms with Gasteiger partial charge in [0.15, 0.2) is 0 Å². The second kappa shape index (κ2) is 7.35. The summed E-state index contributed by atoms with van der Waals surface area (Å²) in [6.45, 7) is 3.83. The van der Waals surface area contributed by atoms with Crippen molar-refractivity contribution in [1.29, 1.82) is 0 Å². The zero-order valence-corrected chi connectivity index (χ0v) is 12.9. The predicted octanol–water partition coefficient (Wildman–Crippen LogP) is 3.62. The molecule has 0 atom stereocenters. The van der Waals surface area contributed by atoms with E-state index in [0.717, 1.165) is 5.56 Å². The van der Waals surface area contributed by atoms with Crippen molar-refractivity contribution in [2.75, 3.05) is 6.61 Å². The van der Waals surface area contributed by atoms with Gasteiger partial charge in [0.25, 0.3) is 0 Å². The molecule has 2 rings (SSSR count). The number of ether oxygens (including phenoxy) is 1. The topological polar surface area (TPSA) is 76.0 Å². The maximum atomic E-state index is 11.6. The molecule has 0 fully saturated rings. The van der Waals surface area contributed by atoms with Crippen molar-refractivity contribution in [3.8, 4) is 0 Å². The van der Waals surface area contributed by atoms with Gasteiger partial charge in [0.05, 0.1) is 23.4 Å². The monoisotopic (exact) mass is 311 g/mol. The van der Waals surface area contributed by atoms with E-state index < -0.39 is 5.97 Å². The van der Waals surface area contributed by atoms with Crippen LogP contribution in [0.4, 0.5) is 5.69 Å². The summed E-state index contributed by atoms with van der Waals surface area (Å²) in [6, 6.07) is 11.7. The predicted molar refractivity (Wildman–Crippen MR) is 87.8 cm³/mol. The Labute approximate surface area is 134 Å². The molecule has 2 aromatic rings. The van der Waals surface area contributed by atoms with E-state index in [-0.39, 0.29) is 11.5 Å². The molecular weight excluding hydrogens is 294 g/mol. The van der Waals surface area contributed by atoms with Gasteiger partial charge in [-0.3, -0.25) is 4.99 Å². The van der Waals surface area contributed by atoms with Crippen molar-refractivity contribution in [1.82, 2.24) is 0 Å². The van der Waals surface area contributed by atoms with Gasteiger partial charge in [-0.05, 0) is 55.3 Å². The number of carboxylic acids is 1. The van der Waals surface area contributed by atoms with Gasteiger partial charge in [-0.25, -0.2) is 9.59 Å². The third kappa shape index (κ3) is 4.03. The Morgan fingerprint density at radius 3 is 2.48 bits per heavy atom. The highest BCUT2D eigenvalue weighted by molar-refractivity contribution is 5.94. The largest absolute Gasteiger partial charge is 0.478 e. The average molecular weight is 311 g/mol. The van der Waals surface area contributed by atoms with Crippen LogP contribution < -0.4 is 0 Å². The molecule has 0 heterocycles. The number of aliphatic imine (C=N–C) groups is 1. The lowest BCUT2D eigenvalue weighted by molar-refractivity contribution is 0.0526. The normalized spacial score (nSPS) is 10.7. The Hall–Kier alpha value is -2.95. The Kier molecular flexibility index (Phi) is 5.25. The lowest BCUT2D eigenvalue weighted by atomic mass is 10.0. The third-order valence-corrected chi connectivity index (χ3v) is 3.34. The first-order valence-corrected chi connectivity index (χ1v) is 7.17. The van der Waals surface area contributed by atoms with Crippen LogP contribution in [0.1, 0.15) is 38.8 Å². The molecule has 0 bridgehead atoms. The van der Waals surface area contributed by atoms with Crippen molar-refractivity contribution in [3.05, 3.63) is 64.7 Å². The molecule has 0 radical (unpaired) electrons. The summed E-state index contributed by atoms with van der Waals surface area (Å²) in [4.78, 5) is 27.0. The summed E-state index contributed by atoms with van der Waals surface area (Å²) in [6.07, 6.45) is 1.61. The molecule has 1 N–H and O–H groups in total. The second-order valence-corrected chi connectivity index (χ2v) is 4.85. The van der Waals surface area contributed by atoms with Crippen LogP contribution in [0.2, 0.25) is 0 Å². The first-order valence-electron chi connectivity index (χ1n) is 7.17. The summed E-state index contributed by atoms with van der Waals surface area (Å²) in [5, 5.41) is 9.11. The highest BCUT2D eigenvalue weighted by Crippen LogP contribution is 2.16. The number of aromatic carboxylic acids is 1. The number of benzene rings is 2. The summed E-state index contributed by atoms with van der Waals surface area (Å²) in [5.74, 6) is -1.33. The van der Waals surface area contributed by atoms with Gasteiger partial charge >= 0.3 is 11.9 Å². The number of nitrogens with zero attached hydrogens (tertiary/aromatic N) is 1. The van der Waals surface area contributed by atoms with E-state index in [2.05, 4.69) is 4.99 Å². The number of rotatable bonds is 5. The van der Waals surface area contributed by atoms with Gasteiger partial charge in [-0.1, -0.05) is 12.1 Å². The quantitative estimate of drug-likeness (QED) is 0.676. The van der Waals surface area contributed by atoms with Crippen molar-refractivity contribution in [3.63, 3.8) is 0 Å². The standard InChI is InChI=1S/C18H17NO4/c1-3-23-18(22)13-7-9-15(10-8-13)19-11-14-5-4-6-16(12(14)2)17(20)21/h4-11H,3H2,1-2H3,(H,20,21). The lowest BCUT2D eigenvalue weighted by Gasteiger charge is -2.04. The van der Waals surface area contributed by atoms with Gasteiger partial charge in [-0.15, -0.1) is 0 Å². The number of carbonyl (C=O) groups is 2. The van der Waals surface area contributed by atoms with E-state index in [1.165, 1.54) is 0 Å². The summed E-state index contributed by atoms with van der Waals surface area (Å²) in [5.41, 5.74) is 2.78. The Morgan fingerprint density at radius 2 is 1.87 bits per heavy atom. The Balaban J connectivity index is 2.19. The molecule has 0 saturated carbocycles. The number of carbonyl (C=O) groups excluding carboxylic acids is 1. The van der Waals surface area contributed by atoms with Crippen LogP contribution in [0.25, 0.3) is 0 Å². The van der Waals surface area contributed by atoms with Crippen LogP contribution in [0, 0.1) is 6.92 Å². The molecular formula is C18H17NO4. The fourth-order valence-electron chi connectivity index (χ4n) is 2.07. The number of carboxylic acid groups (broad SMARTS) is 1. The van der Waals surface area contributed by atoms with E-state index in [1.807, 2.05) is 0 Å². The highest BCUT2D eigenvalue weighted by Gasteiger charge is 2.09. The molecule has 2 aromatic carbocycles. The van der Waals surface area contributed by atoms with Gasteiger partial charge in [0.2, 0.25) is 0 Å². The first kappa shape index (κ1) is 16.4. The molecule has 0 aliphatic heterocycles. The van der Waals surface area contributed by atoms with E-state index in [4.69, 9.17) is 9.84 Å². The maximum Gasteiger partial charge on any atom is 0.338 e. The molecule has 0 aliphatic rings. The molecule has 23 heavy (non-hydrogen) atoms. The molecule has 5 heteroatoms. The van der Waals surface area contributed by atoms with Crippen LogP contribution in [-0.4, -0.2) is 29.9 Å². The van der Waals surface area contributed by atoms with Crippen LogP contribution >= 0.6 is 0 Å². The van der Waals surface area contributed by atoms with Crippen LogP contribution in [0.3, 0.4) is 0 Å².